The van der Waals surface area contributed by atoms with E-state index in [-0.39, 0.29) is 12.3 Å². The second-order valence-electron chi connectivity index (χ2n) is 6.67. The summed E-state index contributed by atoms with van der Waals surface area (Å²) in [6.07, 6.45) is 1.50. The van der Waals surface area contributed by atoms with Gasteiger partial charge in [-0.3, -0.25) is 14.9 Å². The van der Waals surface area contributed by atoms with Crippen LogP contribution in [0.15, 0.2) is 70.2 Å². The quantitative estimate of drug-likeness (QED) is 0.251. The molecule has 0 saturated heterocycles. The van der Waals surface area contributed by atoms with Gasteiger partial charge in [-0.15, -0.1) is 0 Å². The number of halogens is 1. The number of nitrogens with one attached hydrogen (secondary N) is 1. The Kier molecular flexibility index (Phi) is 7.98. The highest BCUT2D eigenvalue weighted by atomic mass is 79.9. The molecule has 33 heavy (non-hydrogen) atoms. The van der Waals surface area contributed by atoms with Crippen LogP contribution in [0.2, 0.25) is 0 Å². The Labute approximate surface area is 198 Å². The van der Waals surface area contributed by atoms with Crippen LogP contribution in [-0.2, 0) is 6.61 Å². The maximum Gasteiger partial charge on any atom is 0.275 e. The lowest BCUT2D eigenvalue weighted by Crippen LogP contribution is -2.18. The van der Waals surface area contributed by atoms with Crippen molar-refractivity contribution in [2.24, 2.45) is 5.10 Å². The number of nitro benzene ring substituents is 1. The molecule has 0 saturated carbocycles. The van der Waals surface area contributed by atoms with Crippen LogP contribution in [0.3, 0.4) is 0 Å². The Morgan fingerprint density at radius 2 is 1.82 bits per heavy atom. The van der Waals surface area contributed by atoms with Crippen molar-refractivity contribution in [3.63, 3.8) is 0 Å². The van der Waals surface area contributed by atoms with Gasteiger partial charge in [0, 0.05) is 18.2 Å². The molecule has 0 unspecified atom stereocenters. The zero-order valence-corrected chi connectivity index (χ0v) is 19.4. The van der Waals surface area contributed by atoms with E-state index in [1.54, 1.807) is 48.5 Å². The van der Waals surface area contributed by atoms with E-state index in [4.69, 9.17) is 14.2 Å². The number of nitro groups is 1. The van der Waals surface area contributed by atoms with Crippen LogP contribution in [0.25, 0.3) is 0 Å². The molecular formula is C23H20BrN3O6. The molecule has 3 aromatic rings. The Morgan fingerprint density at radius 3 is 2.45 bits per heavy atom. The van der Waals surface area contributed by atoms with Crippen molar-refractivity contribution in [1.82, 2.24) is 5.43 Å². The molecule has 170 valence electrons. The predicted molar refractivity (Wildman–Crippen MR) is 126 cm³/mol. The van der Waals surface area contributed by atoms with Gasteiger partial charge in [-0.1, -0.05) is 0 Å². The SMILES string of the molecule is COc1ccc(C(=O)N/N=C\c2ccc(OCc3ccc([N+](=O)[O-])cc3)c(Br)c2)c(OC)c1. The van der Waals surface area contributed by atoms with E-state index in [1.807, 2.05) is 0 Å². The van der Waals surface area contributed by atoms with E-state index in [9.17, 15) is 14.9 Å². The van der Waals surface area contributed by atoms with E-state index in [0.29, 0.717) is 27.3 Å². The average molecular weight is 514 g/mol. The number of non-ortho nitro benzene ring substituents is 1. The first-order valence-corrected chi connectivity index (χ1v) is 10.4. The van der Waals surface area contributed by atoms with Crippen LogP contribution in [-0.4, -0.2) is 31.3 Å². The second kappa shape index (κ2) is 11.1. The second-order valence-corrected chi connectivity index (χ2v) is 7.52. The summed E-state index contributed by atoms with van der Waals surface area (Å²) in [5.74, 6) is 1.12. The summed E-state index contributed by atoms with van der Waals surface area (Å²) >= 11 is 3.45. The van der Waals surface area contributed by atoms with Gasteiger partial charge in [-0.05, 0) is 69.5 Å². The van der Waals surface area contributed by atoms with Crippen molar-refractivity contribution in [1.29, 1.82) is 0 Å². The lowest BCUT2D eigenvalue weighted by atomic mass is 10.2. The molecule has 1 N–H and O–H groups in total. The molecule has 3 rings (SSSR count). The number of benzene rings is 3. The summed E-state index contributed by atoms with van der Waals surface area (Å²) < 4.78 is 16.8. The number of hydrazone groups is 1. The third-order valence-electron chi connectivity index (χ3n) is 4.53. The highest BCUT2D eigenvalue weighted by molar-refractivity contribution is 9.10. The molecule has 0 aliphatic carbocycles. The number of rotatable bonds is 9. The van der Waals surface area contributed by atoms with Crippen molar-refractivity contribution < 1.29 is 23.9 Å². The van der Waals surface area contributed by atoms with E-state index >= 15 is 0 Å². The van der Waals surface area contributed by atoms with E-state index < -0.39 is 10.8 Å². The summed E-state index contributed by atoms with van der Waals surface area (Å²) in [6.45, 7) is 0.254. The number of hydrogen-bond donors (Lipinski definition) is 1. The first kappa shape index (κ1) is 23.7. The van der Waals surface area contributed by atoms with Crippen molar-refractivity contribution in [3.8, 4) is 17.2 Å². The molecule has 0 heterocycles. The van der Waals surface area contributed by atoms with Crippen LogP contribution in [0.4, 0.5) is 5.69 Å². The maximum atomic E-state index is 12.4. The zero-order valence-electron chi connectivity index (χ0n) is 17.8. The molecule has 9 nitrogen and oxygen atoms in total. The normalized spacial score (nSPS) is 10.6. The Bertz CT molecular complexity index is 1180. The fourth-order valence-corrected chi connectivity index (χ4v) is 3.31. The zero-order chi connectivity index (χ0) is 23.8. The van der Waals surface area contributed by atoms with Crippen molar-refractivity contribution in [2.75, 3.05) is 14.2 Å². The minimum atomic E-state index is -0.447. The first-order chi connectivity index (χ1) is 15.9. The van der Waals surface area contributed by atoms with Crippen LogP contribution in [0, 0.1) is 10.1 Å². The maximum absolute atomic E-state index is 12.4. The molecule has 0 aromatic heterocycles. The summed E-state index contributed by atoms with van der Waals surface area (Å²) in [5.41, 5.74) is 4.35. The van der Waals surface area contributed by atoms with Crippen LogP contribution < -0.4 is 19.6 Å². The van der Waals surface area contributed by atoms with Crippen molar-refractivity contribution >= 4 is 33.7 Å². The number of ether oxygens (including phenoxy) is 3. The third kappa shape index (κ3) is 6.30. The summed E-state index contributed by atoms with van der Waals surface area (Å²) in [4.78, 5) is 22.7. The molecule has 10 heteroatoms. The van der Waals surface area contributed by atoms with Crippen molar-refractivity contribution in [3.05, 3.63) is 91.9 Å². The number of carbonyl (C=O) groups is 1. The number of hydrogen-bond acceptors (Lipinski definition) is 7. The number of carbonyl (C=O) groups excluding carboxylic acids is 1. The van der Waals surface area contributed by atoms with Crippen LogP contribution >= 0.6 is 15.9 Å². The lowest BCUT2D eigenvalue weighted by Gasteiger charge is -2.09. The van der Waals surface area contributed by atoms with E-state index in [1.165, 1.54) is 32.6 Å². The highest BCUT2D eigenvalue weighted by Gasteiger charge is 2.12. The van der Waals surface area contributed by atoms with Gasteiger partial charge in [0.2, 0.25) is 0 Å². The number of amides is 1. The summed E-state index contributed by atoms with van der Waals surface area (Å²) in [6, 6.07) is 16.3. The predicted octanol–water partition coefficient (Wildman–Crippen LogP) is 4.72. The third-order valence-corrected chi connectivity index (χ3v) is 5.15. The minimum Gasteiger partial charge on any atom is -0.497 e. The lowest BCUT2D eigenvalue weighted by molar-refractivity contribution is -0.384. The van der Waals surface area contributed by atoms with E-state index in [0.717, 1.165) is 11.1 Å². The smallest absolute Gasteiger partial charge is 0.275 e. The minimum absolute atomic E-state index is 0.0288. The molecule has 0 atom stereocenters. The number of methoxy groups -OCH3 is 2. The van der Waals surface area contributed by atoms with Gasteiger partial charge >= 0.3 is 0 Å². The van der Waals surface area contributed by atoms with Gasteiger partial charge in [0.1, 0.15) is 23.9 Å². The van der Waals surface area contributed by atoms with Gasteiger partial charge in [0.05, 0.1) is 35.4 Å². The molecule has 0 bridgehead atoms. The Balaban J connectivity index is 1.59. The Morgan fingerprint density at radius 1 is 1.06 bits per heavy atom. The fourth-order valence-electron chi connectivity index (χ4n) is 2.80. The topological polar surface area (TPSA) is 112 Å². The van der Waals surface area contributed by atoms with Crippen LogP contribution in [0.5, 0.6) is 17.2 Å². The average Bonchev–Trinajstić information content (AvgIpc) is 2.83. The number of nitrogens with zero attached hydrogens (tertiary/aromatic N) is 2. The molecule has 1 amide bonds. The summed E-state index contributed by atoms with van der Waals surface area (Å²) in [5, 5.41) is 14.7. The van der Waals surface area contributed by atoms with Crippen molar-refractivity contribution in [2.45, 2.75) is 6.61 Å². The van der Waals surface area contributed by atoms with Crippen LogP contribution in [0.1, 0.15) is 21.5 Å². The first-order valence-electron chi connectivity index (χ1n) is 9.62. The monoisotopic (exact) mass is 513 g/mol. The van der Waals surface area contributed by atoms with Gasteiger partial charge in [0.15, 0.2) is 0 Å². The largest absolute Gasteiger partial charge is 0.497 e. The standard InChI is InChI=1S/C23H20BrN3O6/c1-31-18-8-9-19(22(12-18)32-2)23(28)26-25-13-16-5-10-21(20(24)11-16)33-14-15-3-6-17(7-4-15)27(29)30/h3-13H,14H2,1-2H3,(H,26,28)/b25-13-. The molecule has 0 aliphatic rings. The molecular weight excluding hydrogens is 494 g/mol. The van der Waals surface area contributed by atoms with Gasteiger partial charge < -0.3 is 14.2 Å². The molecule has 3 aromatic carbocycles. The van der Waals surface area contributed by atoms with E-state index in [2.05, 4.69) is 26.5 Å². The van der Waals surface area contributed by atoms with Gasteiger partial charge in [-0.2, -0.15) is 5.10 Å². The van der Waals surface area contributed by atoms with Gasteiger partial charge in [0.25, 0.3) is 11.6 Å². The van der Waals surface area contributed by atoms with Gasteiger partial charge in [-0.25, -0.2) is 5.43 Å². The fraction of sp³-hybridized carbons (Fsp3) is 0.130. The molecule has 0 aliphatic heterocycles. The molecule has 0 radical (unpaired) electrons. The highest BCUT2D eigenvalue weighted by Crippen LogP contribution is 2.27. The molecule has 0 fully saturated rings. The Hall–Kier alpha value is -3.92. The molecule has 0 spiro atoms. The summed E-state index contributed by atoms with van der Waals surface area (Å²) in [7, 11) is 3.00.